The minimum absolute atomic E-state index is 0.0973. The van der Waals surface area contributed by atoms with Gasteiger partial charge in [-0.2, -0.15) is 0 Å². The van der Waals surface area contributed by atoms with E-state index in [1.54, 1.807) is 18.3 Å². The van der Waals surface area contributed by atoms with Crippen molar-refractivity contribution >= 4 is 27.2 Å². The quantitative estimate of drug-likeness (QED) is 0.253. The van der Waals surface area contributed by atoms with E-state index < -0.39 is 5.82 Å². The summed E-state index contributed by atoms with van der Waals surface area (Å²) in [7, 11) is 0. The van der Waals surface area contributed by atoms with E-state index in [-0.39, 0.29) is 11.9 Å². The third-order valence-electron chi connectivity index (χ3n) is 5.01. The lowest BCUT2D eigenvalue weighted by molar-refractivity contribution is 0.181. The molecule has 5 nitrogen and oxygen atoms in total. The van der Waals surface area contributed by atoms with E-state index >= 15 is 0 Å². The highest BCUT2D eigenvalue weighted by Gasteiger charge is 2.13. The predicted octanol–water partition coefficient (Wildman–Crippen LogP) is 8.02. The number of pyridine rings is 2. The first kappa shape index (κ1) is 28.2. The number of unbranched alkanes of at least 4 members (excludes halogenated alkanes) is 1. The smallest absolute Gasteiger partial charge is 0.167 e. The summed E-state index contributed by atoms with van der Waals surface area (Å²) in [5.41, 5.74) is 8.81. The van der Waals surface area contributed by atoms with Gasteiger partial charge in [0.15, 0.2) is 11.6 Å². The van der Waals surface area contributed by atoms with Gasteiger partial charge < -0.3 is 15.6 Å². The van der Waals surface area contributed by atoms with Gasteiger partial charge in [0, 0.05) is 30.2 Å². The Hall–Kier alpha value is -3.03. The summed E-state index contributed by atoms with van der Waals surface area (Å²) in [6.07, 6.45) is 7.68. The van der Waals surface area contributed by atoms with Gasteiger partial charge in [0.2, 0.25) is 0 Å². The Balaban J connectivity index is 0.000000416. The number of hydrogen-bond acceptors (Lipinski definition) is 6. The Morgan fingerprint density at radius 3 is 2.40 bits per heavy atom. The molecular weight excluding hydrogens is 461 g/mol. The van der Waals surface area contributed by atoms with Gasteiger partial charge in [0.05, 0.1) is 26.9 Å². The van der Waals surface area contributed by atoms with Crippen molar-refractivity contribution in [2.45, 2.75) is 66.4 Å². The molecule has 188 valence electrons. The molecule has 0 amide bonds. The SMILES string of the molecule is CC.CCCCC(C)O.CCc1ccc(-c2cc3nccc(Oc4ccc(N)cc4F)c3s2)nc1. The summed E-state index contributed by atoms with van der Waals surface area (Å²) < 4.78 is 20.7. The number of aromatic nitrogens is 2. The lowest BCUT2D eigenvalue weighted by Gasteiger charge is -2.07. The van der Waals surface area contributed by atoms with Crippen LogP contribution in [0.5, 0.6) is 11.5 Å². The Labute approximate surface area is 211 Å². The number of nitrogens with zero attached hydrogens (tertiary/aromatic N) is 2. The van der Waals surface area contributed by atoms with Crippen LogP contribution in [0, 0.1) is 5.82 Å². The average molecular weight is 498 g/mol. The van der Waals surface area contributed by atoms with Gasteiger partial charge in [0.1, 0.15) is 5.75 Å². The van der Waals surface area contributed by atoms with Crippen LogP contribution >= 0.6 is 11.3 Å². The fourth-order valence-electron chi connectivity index (χ4n) is 3.12. The van der Waals surface area contributed by atoms with Crippen LogP contribution in [0.1, 0.15) is 59.4 Å². The third-order valence-corrected chi connectivity index (χ3v) is 6.17. The number of anilines is 1. The first-order chi connectivity index (χ1) is 16.9. The molecule has 0 spiro atoms. The number of aliphatic hydroxyl groups excluding tert-OH is 1. The number of ether oxygens (including phenoxy) is 1. The predicted molar refractivity (Wildman–Crippen MR) is 146 cm³/mol. The van der Waals surface area contributed by atoms with Gasteiger partial charge in [-0.3, -0.25) is 9.97 Å². The van der Waals surface area contributed by atoms with Crippen LogP contribution < -0.4 is 10.5 Å². The Bertz CT molecular complexity index is 1180. The summed E-state index contributed by atoms with van der Waals surface area (Å²) >= 11 is 1.52. The number of fused-ring (bicyclic) bond motifs is 1. The topological polar surface area (TPSA) is 81.3 Å². The fraction of sp³-hybridized carbons (Fsp3) is 0.357. The van der Waals surface area contributed by atoms with Gasteiger partial charge in [-0.05, 0) is 49.6 Å². The molecule has 0 aliphatic rings. The van der Waals surface area contributed by atoms with Gasteiger partial charge in [0.25, 0.3) is 0 Å². The zero-order valence-electron chi connectivity index (χ0n) is 21.2. The van der Waals surface area contributed by atoms with E-state index in [1.165, 1.54) is 35.5 Å². The highest BCUT2D eigenvalue weighted by molar-refractivity contribution is 7.22. The molecule has 1 aromatic carbocycles. The van der Waals surface area contributed by atoms with Crippen LogP contribution in [-0.2, 0) is 6.42 Å². The Morgan fingerprint density at radius 2 is 1.83 bits per heavy atom. The van der Waals surface area contributed by atoms with Gasteiger partial charge in [-0.1, -0.05) is 46.6 Å². The lowest BCUT2D eigenvalue weighted by Crippen LogP contribution is -1.97. The van der Waals surface area contributed by atoms with Crippen molar-refractivity contribution in [1.82, 2.24) is 9.97 Å². The van der Waals surface area contributed by atoms with E-state index in [4.69, 9.17) is 15.6 Å². The van der Waals surface area contributed by atoms with Gasteiger partial charge >= 0.3 is 0 Å². The Kier molecular flexibility index (Phi) is 11.6. The largest absolute Gasteiger partial charge is 0.453 e. The molecule has 0 aliphatic carbocycles. The minimum atomic E-state index is -0.497. The number of aliphatic hydroxyl groups is 1. The second-order valence-corrected chi connectivity index (χ2v) is 8.87. The van der Waals surface area contributed by atoms with Crippen molar-refractivity contribution in [1.29, 1.82) is 0 Å². The van der Waals surface area contributed by atoms with E-state index in [2.05, 4.69) is 29.9 Å². The molecular formula is C28H36FN3O2S. The summed E-state index contributed by atoms with van der Waals surface area (Å²) in [6.45, 7) is 10.1. The molecule has 0 bridgehead atoms. The van der Waals surface area contributed by atoms with E-state index in [9.17, 15) is 4.39 Å². The fourth-order valence-corrected chi connectivity index (χ4v) is 4.16. The first-order valence-corrected chi connectivity index (χ1v) is 13.0. The Morgan fingerprint density at radius 1 is 1.06 bits per heavy atom. The summed E-state index contributed by atoms with van der Waals surface area (Å²) in [5.74, 6) is 0.190. The molecule has 3 aromatic heterocycles. The van der Waals surface area contributed by atoms with Crippen molar-refractivity contribution in [2.24, 2.45) is 0 Å². The van der Waals surface area contributed by atoms with E-state index in [1.807, 2.05) is 39.1 Å². The van der Waals surface area contributed by atoms with Crippen molar-refractivity contribution in [3.63, 3.8) is 0 Å². The minimum Gasteiger partial charge on any atom is -0.453 e. The highest BCUT2D eigenvalue weighted by atomic mass is 32.1. The van der Waals surface area contributed by atoms with Crippen LogP contribution in [0.3, 0.4) is 0 Å². The number of nitrogen functional groups attached to an aromatic ring is 1. The molecule has 1 unspecified atom stereocenters. The average Bonchev–Trinajstić information content (AvgIpc) is 3.31. The van der Waals surface area contributed by atoms with Crippen molar-refractivity contribution in [2.75, 3.05) is 5.73 Å². The first-order valence-electron chi connectivity index (χ1n) is 12.2. The molecule has 4 aromatic rings. The highest BCUT2D eigenvalue weighted by Crippen LogP contribution is 2.39. The molecule has 4 rings (SSSR count). The number of halogens is 1. The lowest BCUT2D eigenvalue weighted by atomic mass is 10.2. The van der Waals surface area contributed by atoms with Crippen molar-refractivity contribution in [3.8, 4) is 22.1 Å². The molecule has 0 aliphatic heterocycles. The molecule has 35 heavy (non-hydrogen) atoms. The van der Waals surface area contributed by atoms with Crippen LogP contribution in [0.2, 0.25) is 0 Å². The van der Waals surface area contributed by atoms with Gasteiger partial charge in [-0.25, -0.2) is 4.39 Å². The number of rotatable bonds is 7. The molecule has 3 N–H and O–H groups in total. The van der Waals surface area contributed by atoms with Crippen LogP contribution in [0.25, 0.3) is 20.8 Å². The molecule has 0 fully saturated rings. The number of thiophene rings is 1. The van der Waals surface area contributed by atoms with Crippen LogP contribution in [-0.4, -0.2) is 21.2 Å². The molecule has 1 atom stereocenters. The zero-order valence-corrected chi connectivity index (χ0v) is 22.0. The number of hydrogen-bond donors (Lipinski definition) is 2. The van der Waals surface area contributed by atoms with Crippen LogP contribution in [0.4, 0.5) is 10.1 Å². The number of nitrogens with two attached hydrogens (primary N) is 1. The molecule has 7 heteroatoms. The molecule has 3 heterocycles. The maximum Gasteiger partial charge on any atom is 0.167 e. The van der Waals surface area contributed by atoms with Gasteiger partial charge in [-0.15, -0.1) is 11.3 Å². The number of aryl methyl sites for hydroxylation is 1. The normalized spacial score (nSPS) is 11.2. The second-order valence-electron chi connectivity index (χ2n) is 7.82. The van der Waals surface area contributed by atoms with Crippen molar-refractivity contribution in [3.05, 3.63) is 66.2 Å². The molecule has 0 saturated heterocycles. The summed E-state index contributed by atoms with van der Waals surface area (Å²) in [6, 6.07) is 12.1. The van der Waals surface area contributed by atoms with Crippen LogP contribution in [0.15, 0.2) is 54.9 Å². The second kappa shape index (κ2) is 14.4. The third kappa shape index (κ3) is 8.30. The van der Waals surface area contributed by atoms with Crippen molar-refractivity contribution < 1.29 is 14.2 Å². The molecule has 0 saturated carbocycles. The van der Waals surface area contributed by atoms with E-state index in [0.29, 0.717) is 11.4 Å². The number of benzene rings is 1. The maximum atomic E-state index is 14.1. The standard InChI is InChI=1S/C20H16FN3OS.C6H14O.C2H6/c1-2-12-3-5-15(24-11-12)19-10-16-20(26-19)18(7-8-23-16)25-17-6-4-13(22)9-14(17)21;1-3-4-5-6(2)7;1-2/h3-11H,2,22H2,1H3;6-7H,3-5H2,1-2H3;1-2H3. The summed E-state index contributed by atoms with van der Waals surface area (Å²) in [5, 5.41) is 8.68. The monoisotopic (exact) mass is 497 g/mol. The van der Waals surface area contributed by atoms with E-state index in [0.717, 1.165) is 40.1 Å². The zero-order chi connectivity index (χ0) is 25.8. The molecule has 0 radical (unpaired) electrons. The maximum absolute atomic E-state index is 14.1. The summed E-state index contributed by atoms with van der Waals surface area (Å²) in [4.78, 5) is 9.90.